The number of nitrogens with zero attached hydrogens (tertiary/aromatic N) is 3. The molecule has 1 aliphatic heterocycles. The summed E-state index contributed by atoms with van der Waals surface area (Å²) in [7, 11) is 0. The molecule has 1 aromatic heterocycles. The van der Waals surface area contributed by atoms with Gasteiger partial charge in [0.05, 0.1) is 11.9 Å². The van der Waals surface area contributed by atoms with Gasteiger partial charge < -0.3 is 9.47 Å². The van der Waals surface area contributed by atoms with Gasteiger partial charge in [-0.05, 0) is 36.6 Å². The van der Waals surface area contributed by atoms with E-state index in [4.69, 9.17) is 0 Å². The molecule has 0 spiro atoms. The number of imidazole rings is 1. The van der Waals surface area contributed by atoms with Gasteiger partial charge in [-0.3, -0.25) is 4.79 Å². The van der Waals surface area contributed by atoms with Crippen LogP contribution >= 0.6 is 11.8 Å². The van der Waals surface area contributed by atoms with Crippen molar-refractivity contribution in [3.63, 3.8) is 0 Å². The van der Waals surface area contributed by atoms with Gasteiger partial charge >= 0.3 is 0 Å². The Hall–Kier alpha value is -1.75. The first-order valence-corrected chi connectivity index (χ1v) is 9.23. The smallest absolute Gasteiger partial charge is 0.254 e. The third-order valence-corrected chi connectivity index (χ3v) is 5.30. The number of benzene rings is 1. The maximum Gasteiger partial charge on any atom is 0.254 e. The van der Waals surface area contributed by atoms with Crippen molar-refractivity contribution >= 4 is 17.7 Å². The largest absolute Gasteiger partial charge is 0.339 e. The molecule has 1 aromatic carbocycles. The van der Waals surface area contributed by atoms with Gasteiger partial charge in [-0.1, -0.05) is 19.1 Å². The highest BCUT2D eigenvalue weighted by atomic mass is 32.2. The fraction of sp³-hybridized carbons (Fsp3) is 0.444. The van der Waals surface area contributed by atoms with Crippen LogP contribution in [0.1, 0.15) is 30.1 Å². The summed E-state index contributed by atoms with van der Waals surface area (Å²) in [5.41, 5.74) is 0.854. The van der Waals surface area contributed by atoms with Crippen molar-refractivity contribution in [1.29, 1.82) is 0 Å². The topological polar surface area (TPSA) is 38.1 Å². The van der Waals surface area contributed by atoms with Gasteiger partial charge in [-0.2, -0.15) is 0 Å². The second kappa shape index (κ2) is 7.68. The van der Waals surface area contributed by atoms with Crippen LogP contribution in [-0.2, 0) is 6.54 Å². The summed E-state index contributed by atoms with van der Waals surface area (Å²) in [6.45, 7) is 4.82. The average Bonchev–Trinajstić information content (AvgIpc) is 3.09. The lowest BCUT2D eigenvalue weighted by atomic mass is 9.96. The summed E-state index contributed by atoms with van der Waals surface area (Å²) in [4.78, 5) is 20.0. The molecule has 0 N–H and O–H groups in total. The van der Waals surface area contributed by atoms with Crippen molar-refractivity contribution in [3.8, 4) is 0 Å². The maximum absolute atomic E-state index is 12.8. The minimum Gasteiger partial charge on any atom is -0.339 e. The molecule has 3 rings (SSSR count). The molecule has 0 saturated carbocycles. The first-order valence-electron chi connectivity index (χ1n) is 8.24. The van der Waals surface area contributed by atoms with Crippen molar-refractivity contribution in [2.24, 2.45) is 5.92 Å². The number of thioether (sulfide) groups is 1. The molecule has 2 aromatic rings. The molecular formula is C18H23N3OS. The highest BCUT2D eigenvalue weighted by molar-refractivity contribution is 7.99. The Labute approximate surface area is 141 Å². The highest BCUT2D eigenvalue weighted by Crippen LogP contribution is 2.26. The number of likely N-dealkylation sites (tertiary alicyclic amines) is 1. The normalized spacial score (nSPS) is 15.8. The molecule has 0 unspecified atom stereocenters. The van der Waals surface area contributed by atoms with Crippen LogP contribution in [0.5, 0.6) is 0 Å². The Balaban J connectivity index is 1.60. The summed E-state index contributed by atoms with van der Waals surface area (Å²) in [6.07, 6.45) is 7.83. The standard InChI is InChI=1S/C18H23N3OS/c1-2-23-17-6-4-3-5-16(17)18(22)21-10-7-15(8-11-21)13-20-12-9-19-14-20/h3-6,9,12,14-15H,2,7-8,10-11,13H2,1H3. The van der Waals surface area contributed by atoms with E-state index >= 15 is 0 Å². The number of carbonyl (C=O) groups excluding carboxylic acids is 1. The predicted octanol–water partition coefficient (Wildman–Crippen LogP) is 3.55. The zero-order chi connectivity index (χ0) is 16.1. The van der Waals surface area contributed by atoms with Gasteiger partial charge in [-0.15, -0.1) is 11.8 Å². The van der Waals surface area contributed by atoms with Crippen LogP contribution in [0.25, 0.3) is 0 Å². The van der Waals surface area contributed by atoms with Crippen molar-refractivity contribution in [3.05, 3.63) is 48.5 Å². The van der Waals surface area contributed by atoms with E-state index in [2.05, 4.69) is 16.5 Å². The van der Waals surface area contributed by atoms with Gasteiger partial charge in [-0.25, -0.2) is 4.98 Å². The highest BCUT2D eigenvalue weighted by Gasteiger charge is 2.25. The lowest BCUT2D eigenvalue weighted by Gasteiger charge is -2.32. The Kier molecular flexibility index (Phi) is 5.39. The zero-order valence-electron chi connectivity index (χ0n) is 13.5. The number of hydrogen-bond acceptors (Lipinski definition) is 3. The third-order valence-electron chi connectivity index (χ3n) is 4.35. The monoisotopic (exact) mass is 329 g/mol. The van der Waals surface area contributed by atoms with E-state index in [-0.39, 0.29) is 5.91 Å². The molecule has 0 atom stereocenters. The van der Waals surface area contributed by atoms with Crippen LogP contribution in [0.4, 0.5) is 0 Å². The van der Waals surface area contributed by atoms with E-state index in [9.17, 15) is 4.79 Å². The molecule has 0 bridgehead atoms. The summed E-state index contributed by atoms with van der Waals surface area (Å²) in [5.74, 6) is 1.80. The molecule has 1 fully saturated rings. The van der Waals surface area contributed by atoms with Gasteiger partial charge in [0, 0.05) is 36.9 Å². The Bertz CT molecular complexity index is 633. The Morgan fingerprint density at radius 2 is 2.09 bits per heavy atom. The number of amides is 1. The number of carbonyl (C=O) groups is 1. The van der Waals surface area contributed by atoms with Crippen LogP contribution in [-0.4, -0.2) is 39.2 Å². The fourth-order valence-corrected chi connectivity index (χ4v) is 3.90. The summed E-state index contributed by atoms with van der Waals surface area (Å²) in [5, 5.41) is 0. The average molecular weight is 329 g/mol. The molecule has 0 aliphatic carbocycles. The number of hydrogen-bond donors (Lipinski definition) is 0. The molecule has 1 aliphatic rings. The second-order valence-electron chi connectivity index (χ2n) is 5.92. The van der Waals surface area contributed by atoms with Crippen molar-refractivity contribution in [2.75, 3.05) is 18.8 Å². The second-order valence-corrected chi connectivity index (χ2v) is 7.23. The van der Waals surface area contributed by atoms with Crippen molar-refractivity contribution in [1.82, 2.24) is 14.5 Å². The zero-order valence-corrected chi connectivity index (χ0v) is 14.3. The minimum atomic E-state index is 0.183. The minimum absolute atomic E-state index is 0.183. The lowest BCUT2D eigenvalue weighted by Crippen LogP contribution is -2.39. The predicted molar refractivity (Wildman–Crippen MR) is 93.7 cm³/mol. The van der Waals surface area contributed by atoms with Gasteiger partial charge in [0.2, 0.25) is 0 Å². The molecule has 23 heavy (non-hydrogen) atoms. The van der Waals surface area contributed by atoms with Crippen molar-refractivity contribution < 1.29 is 4.79 Å². The van der Waals surface area contributed by atoms with E-state index in [0.29, 0.717) is 5.92 Å². The summed E-state index contributed by atoms with van der Waals surface area (Å²) >= 11 is 1.74. The van der Waals surface area contributed by atoms with Crippen molar-refractivity contribution in [2.45, 2.75) is 31.2 Å². The molecular weight excluding hydrogens is 306 g/mol. The first-order chi connectivity index (χ1) is 11.3. The van der Waals surface area contributed by atoms with E-state index in [1.54, 1.807) is 11.8 Å². The van der Waals surface area contributed by atoms with E-state index in [1.807, 2.05) is 47.9 Å². The number of aromatic nitrogens is 2. The molecule has 1 saturated heterocycles. The Morgan fingerprint density at radius 3 is 2.78 bits per heavy atom. The summed E-state index contributed by atoms with van der Waals surface area (Å²) in [6, 6.07) is 7.97. The molecule has 5 heteroatoms. The molecule has 2 heterocycles. The summed E-state index contributed by atoms with van der Waals surface area (Å²) < 4.78 is 2.13. The van der Waals surface area contributed by atoms with Gasteiger partial charge in [0.25, 0.3) is 5.91 Å². The van der Waals surface area contributed by atoms with Crippen LogP contribution in [0.15, 0.2) is 47.9 Å². The molecule has 4 nitrogen and oxygen atoms in total. The first kappa shape index (κ1) is 16.1. The van der Waals surface area contributed by atoms with E-state index in [1.165, 1.54) is 0 Å². The van der Waals surface area contributed by atoms with E-state index < -0.39 is 0 Å². The number of piperidine rings is 1. The van der Waals surface area contributed by atoms with Crippen LogP contribution in [0.2, 0.25) is 0 Å². The SMILES string of the molecule is CCSc1ccccc1C(=O)N1CCC(Cn2ccnc2)CC1. The fourth-order valence-electron chi connectivity index (χ4n) is 3.11. The quantitative estimate of drug-likeness (QED) is 0.788. The maximum atomic E-state index is 12.8. The molecule has 122 valence electrons. The molecule has 1 amide bonds. The van der Waals surface area contributed by atoms with Crippen LogP contribution in [0, 0.1) is 5.92 Å². The third kappa shape index (κ3) is 3.96. The van der Waals surface area contributed by atoms with Crippen LogP contribution in [0.3, 0.4) is 0 Å². The lowest BCUT2D eigenvalue weighted by molar-refractivity contribution is 0.0679. The van der Waals surface area contributed by atoms with E-state index in [0.717, 1.165) is 48.7 Å². The number of rotatable bonds is 5. The molecule has 0 radical (unpaired) electrons. The Morgan fingerprint density at radius 1 is 1.30 bits per heavy atom. The van der Waals surface area contributed by atoms with Gasteiger partial charge in [0.1, 0.15) is 0 Å². The van der Waals surface area contributed by atoms with Crippen LogP contribution < -0.4 is 0 Å². The van der Waals surface area contributed by atoms with Gasteiger partial charge in [0.15, 0.2) is 0 Å².